The van der Waals surface area contributed by atoms with Crippen molar-refractivity contribution in [1.82, 2.24) is 5.16 Å². The number of amides is 1. The molecule has 0 radical (unpaired) electrons. The van der Waals surface area contributed by atoms with E-state index in [4.69, 9.17) is 9.26 Å². The van der Waals surface area contributed by atoms with E-state index in [-0.39, 0.29) is 11.7 Å². The molecule has 0 spiro atoms. The summed E-state index contributed by atoms with van der Waals surface area (Å²) in [5, 5.41) is 13.6. The summed E-state index contributed by atoms with van der Waals surface area (Å²) in [5.41, 5.74) is 2.17. The van der Waals surface area contributed by atoms with Crippen molar-refractivity contribution in [2.75, 3.05) is 4.90 Å². The Kier molecular flexibility index (Phi) is 3.08. The number of aromatic hydroxyl groups is 1. The molecular weight excluding hydrogens is 272 g/mol. The predicted molar refractivity (Wildman–Crippen MR) is 75.4 cm³/mol. The molecule has 0 saturated heterocycles. The van der Waals surface area contributed by atoms with Gasteiger partial charge in [-0.1, -0.05) is 5.16 Å². The first-order chi connectivity index (χ1) is 9.97. The van der Waals surface area contributed by atoms with E-state index in [0.29, 0.717) is 23.7 Å². The SMILES string of the molecule is Cc1noc(C)c1CN1C(=O)C(C)Oc2ccc(O)cc21. The molecule has 110 valence electrons. The summed E-state index contributed by atoms with van der Waals surface area (Å²) >= 11 is 0. The van der Waals surface area contributed by atoms with Gasteiger partial charge in [-0.3, -0.25) is 4.79 Å². The van der Waals surface area contributed by atoms with Crippen LogP contribution in [0.25, 0.3) is 0 Å². The first-order valence-electron chi connectivity index (χ1n) is 6.70. The second-order valence-corrected chi connectivity index (χ2v) is 5.14. The molecule has 2 aromatic rings. The maximum absolute atomic E-state index is 12.4. The lowest BCUT2D eigenvalue weighted by Crippen LogP contribution is -2.44. The summed E-state index contributed by atoms with van der Waals surface area (Å²) in [4.78, 5) is 14.0. The molecule has 1 aliphatic rings. The van der Waals surface area contributed by atoms with Crippen molar-refractivity contribution >= 4 is 11.6 Å². The number of nitrogens with zero attached hydrogens (tertiary/aromatic N) is 2. The largest absolute Gasteiger partial charge is 0.508 e. The van der Waals surface area contributed by atoms with Crippen LogP contribution < -0.4 is 9.64 Å². The van der Waals surface area contributed by atoms with Crippen LogP contribution in [0.15, 0.2) is 22.7 Å². The zero-order valence-electron chi connectivity index (χ0n) is 12.1. The predicted octanol–water partition coefficient (Wildman–Crippen LogP) is 2.31. The van der Waals surface area contributed by atoms with E-state index in [1.54, 1.807) is 17.9 Å². The fourth-order valence-electron chi connectivity index (χ4n) is 2.44. The molecule has 1 N–H and O–H groups in total. The molecular formula is C15H16N2O4. The number of anilines is 1. The summed E-state index contributed by atoms with van der Waals surface area (Å²) in [6.07, 6.45) is -0.567. The van der Waals surface area contributed by atoms with E-state index in [9.17, 15) is 9.90 Å². The first kappa shape index (κ1) is 13.5. The minimum atomic E-state index is -0.567. The Bertz CT molecular complexity index is 688. The molecule has 21 heavy (non-hydrogen) atoms. The Labute approximate surface area is 121 Å². The van der Waals surface area contributed by atoms with Gasteiger partial charge in [0.25, 0.3) is 5.91 Å². The Hall–Kier alpha value is -2.50. The number of hydrogen-bond acceptors (Lipinski definition) is 5. The highest BCUT2D eigenvalue weighted by molar-refractivity contribution is 6.00. The van der Waals surface area contributed by atoms with Gasteiger partial charge in [-0.05, 0) is 32.9 Å². The fraction of sp³-hybridized carbons (Fsp3) is 0.333. The molecule has 1 atom stereocenters. The maximum atomic E-state index is 12.4. The number of carbonyl (C=O) groups excluding carboxylic acids is 1. The van der Waals surface area contributed by atoms with Crippen LogP contribution >= 0.6 is 0 Å². The number of hydrogen-bond donors (Lipinski definition) is 1. The Balaban J connectivity index is 2.04. The molecule has 0 saturated carbocycles. The van der Waals surface area contributed by atoms with Gasteiger partial charge in [0.2, 0.25) is 0 Å². The second-order valence-electron chi connectivity index (χ2n) is 5.14. The van der Waals surface area contributed by atoms with E-state index >= 15 is 0 Å². The minimum absolute atomic E-state index is 0.0865. The molecule has 0 aliphatic carbocycles. The zero-order chi connectivity index (χ0) is 15.1. The number of carbonyl (C=O) groups is 1. The molecule has 0 bridgehead atoms. The van der Waals surface area contributed by atoms with Crippen molar-refractivity contribution < 1.29 is 19.2 Å². The summed E-state index contributed by atoms with van der Waals surface area (Å²) in [5.74, 6) is 1.18. The Morgan fingerprint density at radius 2 is 2.14 bits per heavy atom. The van der Waals surface area contributed by atoms with Gasteiger partial charge >= 0.3 is 0 Å². The van der Waals surface area contributed by atoms with Crippen LogP contribution in [0.3, 0.4) is 0 Å². The molecule has 3 rings (SSSR count). The fourth-order valence-corrected chi connectivity index (χ4v) is 2.44. The van der Waals surface area contributed by atoms with Crippen LogP contribution in [0.2, 0.25) is 0 Å². The van der Waals surface area contributed by atoms with Crippen molar-refractivity contribution in [2.45, 2.75) is 33.4 Å². The molecule has 2 heterocycles. The zero-order valence-corrected chi connectivity index (χ0v) is 12.1. The standard InChI is InChI=1S/C15H16N2O4/c1-8-12(9(2)21-16-8)7-17-13-6-11(18)4-5-14(13)20-10(3)15(17)19/h4-6,10,18H,7H2,1-3H3. The lowest BCUT2D eigenvalue weighted by atomic mass is 10.1. The number of rotatable bonds is 2. The number of phenols is 1. The third kappa shape index (κ3) is 2.22. The van der Waals surface area contributed by atoms with Crippen LogP contribution in [0, 0.1) is 13.8 Å². The van der Waals surface area contributed by atoms with E-state index < -0.39 is 6.10 Å². The third-order valence-corrected chi connectivity index (χ3v) is 3.65. The van der Waals surface area contributed by atoms with Crippen LogP contribution in [0.5, 0.6) is 11.5 Å². The van der Waals surface area contributed by atoms with Gasteiger partial charge in [0.15, 0.2) is 6.10 Å². The summed E-state index contributed by atoms with van der Waals surface area (Å²) in [6, 6.07) is 4.72. The van der Waals surface area contributed by atoms with Gasteiger partial charge in [0, 0.05) is 11.6 Å². The number of fused-ring (bicyclic) bond motifs is 1. The molecule has 1 amide bonds. The average molecular weight is 288 g/mol. The van der Waals surface area contributed by atoms with Crippen molar-refractivity contribution in [1.29, 1.82) is 0 Å². The van der Waals surface area contributed by atoms with Gasteiger partial charge in [0.1, 0.15) is 17.3 Å². The molecule has 1 aromatic carbocycles. The highest BCUT2D eigenvalue weighted by Gasteiger charge is 2.32. The normalized spacial score (nSPS) is 17.6. The van der Waals surface area contributed by atoms with Gasteiger partial charge in [-0.25, -0.2) is 0 Å². The molecule has 1 aliphatic heterocycles. The number of aryl methyl sites for hydroxylation is 2. The van der Waals surface area contributed by atoms with Crippen molar-refractivity contribution in [3.8, 4) is 11.5 Å². The Morgan fingerprint density at radius 3 is 2.81 bits per heavy atom. The van der Waals surface area contributed by atoms with Gasteiger partial charge in [-0.2, -0.15) is 0 Å². The molecule has 1 aromatic heterocycles. The lowest BCUT2D eigenvalue weighted by Gasteiger charge is -2.33. The van der Waals surface area contributed by atoms with Gasteiger partial charge in [-0.15, -0.1) is 0 Å². The molecule has 0 fully saturated rings. The molecule has 6 heteroatoms. The first-order valence-corrected chi connectivity index (χ1v) is 6.70. The highest BCUT2D eigenvalue weighted by atomic mass is 16.5. The number of aromatic nitrogens is 1. The van der Waals surface area contributed by atoms with Crippen molar-refractivity contribution in [2.24, 2.45) is 0 Å². The Morgan fingerprint density at radius 1 is 1.38 bits per heavy atom. The summed E-state index contributed by atoms with van der Waals surface area (Å²) in [7, 11) is 0. The van der Waals surface area contributed by atoms with E-state index in [0.717, 1.165) is 11.3 Å². The number of benzene rings is 1. The van der Waals surface area contributed by atoms with E-state index in [1.807, 2.05) is 13.8 Å². The maximum Gasteiger partial charge on any atom is 0.268 e. The minimum Gasteiger partial charge on any atom is -0.508 e. The van der Waals surface area contributed by atoms with Gasteiger partial charge < -0.3 is 19.3 Å². The third-order valence-electron chi connectivity index (χ3n) is 3.65. The molecule has 1 unspecified atom stereocenters. The number of ether oxygens (including phenoxy) is 1. The second kappa shape index (κ2) is 4.80. The summed E-state index contributed by atoms with van der Waals surface area (Å²) < 4.78 is 10.7. The average Bonchev–Trinajstić information content (AvgIpc) is 2.76. The number of phenolic OH excluding ortho intramolecular Hbond substituents is 1. The smallest absolute Gasteiger partial charge is 0.268 e. The van der Waals surface area contributed by atoms with Crippen LogP contribution in [0.1, 0.15) is 23.9 Å². The van der Waals surface area contributed by atoms with Crippen LogP contribution in [0.4, 0.5) is 5.69 Å². The molecule has 6 nitrogen and oxygen atoms in total. The monoisotopic (exact) mass is 288 g/mol. The lowest BCUT2D eigenvalue weighted by molar-refractivity contribution is -0.125. The van der Waals surface area contributed by atoms with Crippen LogP contribution in [-0.4, -0.2) is 22.3 Å². The quantitative estimate of drug-likeness (QED) is 0.917. The van der Waals surface area contributed by atoms with E-state index in [2.05, 4.69) is 5.16 Å². The van der Waals surface area contributed by atoms with E-state index in [1.165, 1.54) is 12.1 Å². The van der Waals surface area contributed by atoms with Crippen LogP contribution in [-0.2, 0) is 11.3 Å². The topological polar surface area (TPSA) is 75.8 Å². The summed E-state index contributed by atoms with van der Waals surface area (Å²) in [6.45, 7) is 5.69. The highest BCUT2D eigenvalue weighted by Crippen LogP contribution is 2.37. The van der Waals surface area contributed by atoms with Crippen molar-refractivity contribution in [3.05, 3.63) is 35.2 Å². The van der Waals surface area contributed by atoms with Crippen molar-refractivity contribution in [3.63, 3.8) is 0 Å². The van der Waals surface area contributed by atoms with Gasteiger partial charge in [0.05, 0.1) is 17.9 Å².